The van der Waals surface area contributed by atoms with Gasteiger partial charge in [-0.2, -0.15) is 9.29 Å². The number of aromatic nitrogens is 2. The average Bonchev–Trinajstić information content (AvgIpc) is 3.35. The fourth-order valence-corrected chi connectivity index (χ4v) is 5.64. The Balaban J connectivity index is 1.40. The molecule has 0 spiro atoms. The number of anilines is 1. The third kappa shape index (κ3) is 4.20. The normalized spacial score (nSPS) is 14.9. The molecule has 0 atom stereocenters. The highest BCUT2D eigenvalue weighted by Crippen LogP contribution is 2.31. The monoisotopic (exact) mass is 478 g/mol. The first-order valence-electron chi connectivity index (χ1n) is 10.9. The number of halogens is 1. The Morgan fingerprint density at radius 3 is 2.29 bits per heavy atom. The van der Waals surface area contributed by atoms with Crippen molar-refractivity contribution in [3.8, 4) is 22.8 Å². The first-order chi connectivity index (χ1) is 16.4. The molecule has 0 unspecified atom stereocenters. The van der Waals surface area contributed by atoms with Crippen LogP contribution in [0.5, 0.6) is 0 Å². The molecular weight excluding hydrogens is 455 g/mol. The summed E-state index contributed by atoms with van der Waals surface area (Å²) in [4.78, 5) is 6.42. The summed E-state index contributed by atoms with van der Waals surface area (Å²) in [7, 11) is -3.83. The van der Waals surface area contributed by atoms with E-state index in [-0.39, 0.29) is 29.7 Å². The molecule has 5 rings (SSSR count). The molecule has 1 fully saturated rings. The van der Waals surface area contributed by atoms with Gasteiger partial charge in [-0.15, -0.1) is 0 Å². The zero-order valence-electron chi connectivity index (χ0n) is 18.6. The predicted octanol–water partition coefficient (Wildman–Crippen LogP) is 4.36. The van der Waals surface area contributed by atoms with Crippen LogP contribution in [-0.2, 0) is 10.0 Å². The summed E-state index contributed by atoms with van der Waals surface area (Å²) < 4.78 is 48.1. The summed E-state index contributed by atoms with van der Waals surface area (Å²) >= 11 is 0. The Morgan fingerprint density at radius 1 is 0.882 bits per heavy atom. The molecule has 1 aliphatic rings. The van der Waals surface area contributed by atoms with E-state index in [9.17, 15) is 12.8 Å². The summed E-state index contributed by atoms with van der Waals surface area (Å²) in [6.07, 6.45) is 0. The third-order valence-corrected chi connectivity index (χ3v) is 7.86. The van der Waals surface area contributed by atoms with Gasteiger partial charge >= 0.3 is 0 Å². The van der Waals surface area contributed by atoms with Crippen molar-refractivity contribution < 1.29 is 17.3 Å². The van der Waals surface area contributed by atoms with Crippen LogP contribution in [-0.4, -0.2) is 49.0 Å². The van der Waals surface area contributed by atoms with E-state index in [1.54, 1.807) is 42.5 Å². The molecule has 1 aliphatic heterocycles. The molecule has 1 aromatic heterocycles. The van der Waals surface area contributed by atoms with Crippen LogP contribution in [0.3, 0.4) is 0 Å². The van der Waals surface area contributed by atoms with E-state index in [1.807, 2.05) is 36.1 Å². The van der Waals surface area contributed by atoms with E-state index >= 15 is 0 Å². The number of nitrogens with zero attached hydrogens (tertiary/aromatic N) is 4. The van der Waals surface area contributed by atoms with Gasteiger partial charge in [0.25, 0.3) is 5.89 Å². The van der Waals surface area contributed by atoms with Crippen LogP contribution in [0.25, 0.3) is 22.8 Å². The molecule has 7 nitrogen and oxygen atoms in total. The molecule has 34 heavy (non-hydrogen) atoms. The van der Waals surface area contributed by atoms with Gasteiger partial charge in [-0.25, -0.2) is 12.8 Å². The number of para-hydroxylation sites is 1. The second-order valence-electron chi connectivity index (χ2n) is 8.13. The van der Waals surface area contributed by atoms with Crippen LogP contribution < -0.4 is 4.90 Å². The highest BCUT2D eigenvalue weighted by atomic mass is 32.2. The molecule has 1 saturated heterocycles. The van der Waals surface area contributed by atoms with E-state index in [1.165, 1.54) is 10.4 Å². The molecule has 0 saturated carbocycles. The van der Waals surface area contributed by atoms with Crippen LogP contribution >= 0.6 is 0 Å². The molecule has 0 N–H and O–H groups in total. The minimum absolute atomic E-state index is 0.105. The Hall–Kier alpha value is -3.56. The van der Waals surface area contributed by atoms with Gasteiger partial charge in [0.05, 0.1) is 16.1 Å². The van der Waals surface area contributed by atoms with Gasteiger partial charge in [0.15, 0.2) is 0 Å². The lowest BCUT2D eigenvalue weighted by atomic mass is 10.1. The van der Waals surface area contributed by atoms with E-state index in [4.69, 9.17) is 4.52 Å². The predicted molar refractivity (Wildman–Crippen MR) is 127 cm³/mol. The highest BCUT2D eigenvalue weighted by molar-refractivity contribution is 7.89. The molecule has 3 aromatic carbocycles. The Kier molecular flexibility index (Phi) is 5.89. The fourth-order valence-electron chi connectivity index (χ4n) is 4.04. The van der Waals surface area contributed by atoms with Crippen LogP contribution in [0, 0.1) is 12.7 Å². The maximum absolute atomic E-state index is 14.2. The van der Waals surface area contributed by atoms with Crippen molar-refractivity contribution in [2.75, 3.05) is 31.1 Å². The second-order valence-corrected chi connectivity index (χ2v) is 10.0. The van der Waals surface area contributed by atoms with E-state index in [0.717, 1.165) is 11.1 Å². The lowest BCUT2D eigenvalue weighted by Crippen LogP contribution is -2.49. The minimum Gasteiger partial charge on any atom is -0.367 e. The summed E-state index contributed by atoms with van der Waals surface area (Å²) in [5.41, 5.74) is 2.73. The lowest BCUT2D eigenvalue weighted by Gasteiger charge is -2.35. The SMILES string of the molecule is Cc1ccc(-c2noc(-c3ccccc3S(=O)(=O)N3CCN(c4ccccc4F)CC3)n2)cc1. The zero-order chi connectivity index (χ0) is 23.7. The number of hydrogen-bond acceptors (Lipinski definition) is 6. The van der Waals surface area contributed by atoms with Crippen molar-refractivity contribution in [2.24, 2.45) is 0 Å². The van der Waals surface area contributed by atoms with Crippen LogP contribution in [0.1, 0.15) is 5.56 Å². The molecule has 9 heteroatoms. The quantitative estimate of drug-likeness (QED) is 0.424. The smallest absolute Gasteiger partial charge is 0.259 e. The number of sulfonamides is 1. The molecule has 0 amide bonds. The molecule has 0 radical (unpaired) electrons. The van der Waals surface area contributed by atoms with Gasteiger partial charge in [0.2, 0.25) is 15.8 Å². The van der Waals surface area contributed by atoms with Crippen molar-refractivity contribution >= 4 is 15.7 Å². The van der Waals surface area contributed by atoms with E-state index in [0.29, 0.717) is 30.2 Å². The fraction of sp³-hybridized carbons (Fsp3) is 0.200. The summed E-state index contributed by atoms with van der Waals surface area (Å²) in [5, 5.41) is 4.04. The highest BCUT2D eigenvalue weighted by Gasteiger charge is 2.32. The van der Waals surface area contributed by atoms with Gasteiger partial charge in [-0.05, 0) is 31.2 Å². The molecule has 0 aliphatic carbocycles. The second kappa shape index (κ2) is 9.00. The Bertz CT molecular complexity index is 1410. The van der Waals surface area contributed by atoms with Crippen LogP contribution in [0.2, 0.25) is 0 Å². The average molecular weight is 479 g/mol. The summed E-state index contributed by atoms with van der Waals surface area (Å²) in [5.74, 6) is 0.213. The van der Waals surface area contributed by atoms with E-state index in [2.05, 4.69) is 10.1 Å². The van der Waals surface area contributed by atoms with Crippen molar-refractivity contribution in [1.29, 1.82) is 0 Å². The zero-order valence-corrected chi connectivity index (χ0v) is 19.4. The number of benzene rings is 3. The van der Waals surface area contributed by atoms with Gasteiger partial charge in [-0.3, -0.25) is 0 Å². The molecule has 174 valence electrons. The third-order valence-electron chi connectivity index (χ3n) is 5.90. The lowest BCUT2D eigenvalue weighted by molar-refractivity contribution is 0.383. The molecule has 0 bridgehead atoms. The van der Waals surface area contributed by atoms with Gasteiger partial charge in [0.1, 0.15) is 5.82 Å². The number of rotatable bonds is 5. The molecular formula is C25H23FN4O3S. The van der Waals surface area contributed by atoms with Gasteiger partial charge in [-0.1, -0.05) is 59.3 Å². The van der Waals surface area contributed by atoms with Crippen molar-refractivity contribution in [1.82, 2.24) is 14.4 Å². The Labute approximate surface area is 197 Å². The van der Waals surface area contributed by atoms with Crippen LogP contribution in [0.4, 0.5) is 10.1 Å². The first kappa shape index (κ1) is 22.2. The Morgan fingerprint density at radius 2 is 1.56 bits per heavy atom. The number of aryl methyl sites for hydroxylation is 1. The summed E-state index contributed by atoms with van der Waals surface area (Å²) in [6.45, 7) is 3.25. The molecule has 2 heterocycles. The topological polar surface area (TPSA) is 79.5 Å². The number of hydrogen-bond donors (Lipinski definition) is 0. The molecule has 4 aromatic rings. The largest absolute Gasteiger partial charge is 0.367 e. The first-order valence-corrected chi connectivity index (χ1v) is 12.4. The van der Waals surface area contributed by atoms with Crippen molar-refractivity contribution in [3.63, 3.8) is 0 Å². The minimum atomic E-state index is -3.83. The van der Waals surface area contributed by atoms with Gasteiger partial charge in [0, 0.05) is 31.7 Å². The van der Waals surface area contributed by atoms with Crippen molar-refractivity contribution in [2.45, 2.75) is 11.8 Å². The van der Waals surface area contributed by atoms with Gasteiger partial charge < -0.3 is 9.42 Å². The maximum Gasteiger partial charge on any atom is 0.259 e. The maximum atomic E-state index is 14.2. The van der Waals surface area contributed by atoms with Crippen molar-refractivity contribution in [3.05, 3.63) is 84.2 Å². The standard InChI is InChI=1S/C25H23FN4O3S/c1-18-10-12-19(13-11-18)24-27-25(33-28-24)20-6-2-5-9-23(20)34(31,32)30-16-14-29(15-17-30)22-8-4-3-7-21(22)26/h2-13H,14-17H2,1H3. The van der Waals surface area contributed by atoms with E-state index < -0.39 is 10.0 Å². The van der Waals surface area contributed by atoms with Crippen LogP contribution in [0.15, 0.2) is 82.2 Å². The summed E-state index contributed by atoms with van der Waals surface area (Å²) in [6, 6.07) is 20.8. The number of piperazine rings is 1.